The zero-order valence-corrected chi connectivity index (χ0v) is 12.0. The van der Waals surface area contributed by atoms with Crippen LogP contribution in [0.1, 0.15) is 19.3 Å². The van der Waals surface area contributed by atoms with Crippen molar-refractivity contribution in [2.45, 2.75) is 37.9 Å². The first-order valence-corrected chi connectivity index (χ1v) is 7.79. The second-order valence-corrected chi connectivity index (χ2v) is 6.43. The fourth-order valence-electron chi connectivity index (χ4n) is 3.52. The van der Waals surface area contributed by atoms with Crippen LogP contribution in [0, 0.1) is 5.92 Å². The second-order valence-electron chi connectivity index (χ2n) is 6.43. The third-order valence-electron chi connectivity index (χ3n) is 4.84. The molecule has 1 aromatic heterocycles. The Kier molecular flexibility index (Phi) is 3.06. The lowest BCUT2D eigenvalue weighted by Crippen LogP contribution is -2.56. The van der Waals surface area contributed by atoms with Crippen molar-refractivity contribution in [1.82, 2.24) is 19.6 Å². The molecule has 0 radical (unpaired) electrons. The average Bonchev–Trinajstić information content (AvgIpc) is 3.20. The molecule has 0 N–H and O–H groups in total. The Morgan fingerprint density at radius 3 is 2.71 bits per heavy atom. The molecule has 6 heteroatoms. The number of carbonyl (C=O) groups is 1. The van der Waals surface area contributed by atoms with Gasteiger partial charge in [-0.3, -0.25) is 14.5 Å². The van der Waals surface area contributed by atoms with Gasteiger partial charge in [0, 0.05) is 43.9 Å². The molecule has 21 heavy (non-hydrogen) atoms. The predicted octanol–water partition coefficient (Wildman–Crippen LogP) is -0.0616. The quantitative estimate of drug-likeness (QED) is 0.779. The number of carbonyl (C=O) groups excluding carboxylic acids is 1. The van der Waals surface area contributed by atoms with E-state index in [0.717, 1.165) is 26.1 Å². The van der Waals surface area contributed by atoms with Crippen molar-refractivity contribution in [3.05, 3.63) is 28.7 Å². The van der Waals surface area contributed by atoms with Crippen molar-refractivity contribution in [1.29, 1.82) is 0 Å². The van der Waals surface area contributed by atoms with E-state index in [1.165, 1.54) is 23.6 Å². The summed E-state index contributed by atoms with van der Waals surface area (Å²) in [6, 6.07) is 3.82. The smallest absolute Gasteiger partial charge is 0.266 e. The van der Waals surface area contributed by atoms with E-state index in [-0.39, 0.29) is 11.6 Å². The number of likely N-dealkylation sites (tertiary alicyclic amines) is 2. The van der Waals surface area contributed by atoms with Crippen LogP contribution in [-0.2, 0) is 11.3 Å². The van der Waals surface area contributed by atoms with Crippen molar-refractivity contribution >= 4 is 5.91 Å². The van der Waals surface area contributed by atoms with Gasteiger partial charge in [-0.2, -0.15) is 5.10 Å². The van der Waals surface area contributed by atoms with E-state index in [9.17, 15) is 9.59 Å². The van der Waals surface area contributed by atoms with E-state index in [2.05, 4.69) is 14.9 Å². The summed E-state index contributed by atoms with van der Waals surface area (Å²) in [6.07, 6.45) is 4.98. The summed E-state index contributed by atoms with van der Waals surface area (Å²) in [6.45, 7) is 3.38. The van der Waals surface area contributed by atoms with Gasteiger partial charge in [0.05, 0.1) is 12.6 Å². The molecule has 6 nitrogen and oxygen atoms in total. The molecule has 1 aromatic rings. The first-order valence-electron chi connectivity index (χ1n) is 7.79. The number of hydrogen-bond donors (Lipinski definition) is 0. The van der Waals surface area contributed by atoms with Crippen molar-refractivity contribution in [3.8, 4) is 0 Å². The molecule has 3 fully saturated rings. The summed E-state index contributed by atoms with van der Waals surface area (Å²) in [5, 5.41) is 4.09. The lowest BCUT2D eigenvalue weighted by Gasteiger charge is -2.42. The minimum atomic E-state index is -0.0483. The number of hydrogen-bond acceptors (Lipinski definition) is 4. The van der Waals surface area contributed by atoms with Gasteiger partial charge in [0.25, 0.3) is 5.56 Å². The maximum absolute atomic E-state index is 12.4. The van der Waals surface area contributed by atoms with Crippen molar-refractivity contribution < 1.29 is 4.79 Å². The topological polar surface area (TPSA) is 58.4 Å². The van der Waals surface area contributed by atoms with Gasteiger partial charge in [-0.05, 0) is 25.3 Å². The summed E-state index contributed by atoms with van der Waals surface area (Å²) in [5.41, 5.74) is -0.0483. The van der Waals surface area contributed by atoms with Gasteiger partial charge in [-0.1, -0.05) is 0 Å². The van der Waals surface area contributed by atoms with Gasteiger partial charge in [-0.25, -0.2) is 4.68 Å². The molecular weight excluding hydrogens is 268 g/mol. The lowest BCUT2D eigenvalue weighted by molar-refractivity contribution is -0.135. The predicted molar refractivity (Wildman–Crippen MR) is 76.7 cm³/mol. The van der Waals surface area contributed by atoms with Crippen LogP contribution in [0.4, 0.5) is 0 Å². The molecule has 0 spiro atoms. The highest BCUT2D eigenvalue weighted by Crippen LogP contribution is 2.33. The van der Waals surface area contributed by atoms with Crippen molar-refractivity contribution in [2.75, 3.05) is 19.6 Å². The van der Waals surface area contributed by atoms with Crippen LogP contribution in [0.25, 0.3) is 0 Å². The maximum Gasteiger partial charge on any atom is 0.266 e. The van der Waals surface area contributed by atoms with E-state index < -0.39 is 0 Å². The Balaban J connectivity index is 1.32. The van der Waals surface area contributed by atoms with Gasteiger partial charge >= 0.3 is 0 Å². The Labute approximate surface area is 123 Å². The van der Waals surface area contributed by atoms with Crippen molar-refractivity contribution in [3.63, 3.8) is 0 Å². The number of rotatable bonds is 4. The molecule has 112 valence electrons. The summed E-state index contributed by atoms with van der Waals surface area (Å²) in [4.78, 5) is 28.3. The minimum absolute atomic E-state index is 0.0483. The lowest BCUT2D eigenvalue weighted by atomic mass is 9.97. The number of nitrogens with zero attached hydrogens (tertiary/aromatic N) is 4. The molecule has 1 saturated carbocycles. The summed E-state index contributed by atoms with van der Waals surface area (Å²) in [5.74, 6) is 0.756. The molecule has 3 heterocycles. The molecule has 3 aliphatic rings. The molecule has 1 aliphatic carbocycles. The van der Waals surface area contributed by atoms with E-state index in [0.29, 0.717) is 24.4 Å². The molecule has 2 aliphatic heterocycles. The van der Waals surface area contributed by atoms with Gasteiger partial charge in [-0.15, -0.1) is 0 Å². The highest BCUT2D eigenvalue weighted by atomic mass is 16.2. The Morgan fingerprint density at radius 1 is 1.19 bits per heavy atom. The molecule has 4 rings (SSSR count). The number of amides is 1. The largest absolute Gasteiger partial charge is 0.338 e. The SMILES string of the molecule is O=C1C(N2CC(Cn3ncccc3=O)C2)CCN1C1CC1. The van der Waals surface area contributed by atoms with Crippen LogP contribution < -0.4 is 5.56 Å². The highest BCUT2D eigenvalue weighted by molar-refractivity contribution is 5.84. The second kappa shape index (κ2) is 4.94. The van der Waals surface area contributed by atoms with Gasteiger partial charge < -0.3 is 4.90 Å². The summed E-state index contributed by atoms with van der Waals surface area (Å²) < 4.78 is 1.52. The monoisotopic (exact) mass is 288 g/mol. The highest BCUT2D eigenvalue weighted by Gasteiger charge is 2.45. The van der Waals surface area contributed by atoms with Gasteiger partial charge in [0.1, 0.15) is 0 Å². The third kappa shape index (κ3) is 2.37. The summed E-state index contributed by atoms with van der Waals surface area (Å²) >= 11 is 0. The van der Waals surface area contributed by atoms with E-state index in [4.69, 9.17) is 0 Å². The number of aromatic nitrogens is 2. The van der Waals surface area contributed by atoms with Crippen LogP contribution in [0.2, 0.25) is 0 Å². The Hall–Kier alpha value is -1.69. The Morgan fingerprint density at radius 2 is 2.00 bits per heavy atom. The van der Waals surface area contributed by atoms with E-state index >= 15 is 0 Å². The van der Waals surface area contributed by atoms with Crippen LogP contribution in [-0.4, -0.2) is 57.2 Å². The molecule has 1 unspecified atom stereocenters. The normalized spacial score (nSPS) is 27.1. The van der Waals surface area contributed by atoms with E-state index in [1.807, 2.05) is 0 Å². The minimum Gasteiger partial charge on any atom is -0.338 e. The fraction of sp³-hybridized carbons (Fsp3) is 0.667. The third-order valence-corrected chi connectivity index (χ3v) is 4.84. The maximum atomic E-state index is 12.4. The van der Waals surface area contributed by atoms with Gasteiger partial charge in [0.2, 0.25) is 5.91 Å². The zero-order chi connectivity index (χ0) is 14.4. The molecule has 1 atom stereocenters. The molecule has 1 amide bonds. The standard InChI is InChI=1S/C15H20N4O2/c20-14-2-1-6-16-19(14)10-11-8-17(9-11)13-5-7-18(15(13)21)12-3-4-12/h1-2,6,11-13H,3-5,7-10H2. The molecule has 0 aromatic carbocycles. The van der Waals surface area contributed by atoms with Gasteiger partial charge in [0.15, 0.2) is 0 Å². The van der Waals surface area contributed by atoms with E-state index in [1.54, 1.807) is 12.3 Å². The van der Waals surface area contributed by atoms with Crippen LogP contribution in [0.15, 0.2) is 23.1 Å². The average molecular weight is 288 g/mol. The summed E-state index contributed by atoms with van der Waals surface area (Å²) in [7, 11) is 0. The van der Waals surface area contributed by atoms with Crippen molar-refractivity contribution in [2.24, 2.45) is 5.92 Å². The Bertz CT molecular complexity index is 604. The molecule has 0 bridgehead atoms. The molecular formula is C15H20N4O2. The molecule has 2 saturated heterocycles. The fourth-order valence-corrected chi connectivity index (χ4v) is 3.52. The first kappa shape index (κ1) is 13.0. The first-order chi connectivity index (χ1) is 10.2. The van der Waals surface area contributed by atoms with Crippen LogP contribution in [0.5, 0.6) is 0 Å². The van der Waals surface area contributed by atoms with Crippen LogP contribution >= 0.6 is 0 Å². The zero-order valence-electron chi connectivity index (χ0n) is 12.0. The van der Waals surface area contributed by atoms with Crippen LogP contribution in [0.3, 0.4) is 0 Å².